The molecule has 5 heteroatoms. The van der Waals surface area contributed by atoms with E-state index in [9.17, 15) is 9.59 Å². The number of hydrogen-bond acceptors (Lipinski definition) is 2. The fourth-order valence-corrected chi connectivity index (χ4v) is 3.63. The maximum absolute atomic E-state index is 12.7. The maximum atomic E-state index is 12.7. The van der Waals surface area contributed by atoms with Gasteiger partial charge in [0.25, 0.3) is 5.91 Å². The van der Waals surface area contributed by atoms with Gasteiger partial charge in [-0.25, -0.2) is 0 Å². The summed E-state index contributed by atoms with van der Waals surface area (Å²) in [5.41, 5.74) is 1.87. The Morgan fingerprint density at radius 1 is 0.885 bits per heavy atom. The van der Waals surface area contributed by atoms with Crippen LogP contribution >= 0.6 is 15.9 Å². The van der Waals surface area contributed by atoms with Gasteiger partial charge in [0, 0.05) is 42.6 Å². The molecule has 26 heavy (non-hydrogen) atoms. The Kier molecular flexibility index (Phi) is 6.45. The lowest BCUT2D eigenvalue weighted by atomic mass is 10.1. The zero-order chi connectivity index (χ0) is 18.4. The Balaban J connectivity index is 1.54. The first kappa shape index (κ1) is 18.6. The van der Waals surface area contributed by atoms with Crippen molar-refractivity contribution in [3.05, 3.63) is 70.2 Å². The first-order valence-corrected chi connectivity index (χ1v) is 9.79. The van der Waals surface area contributed by atoms with Crippen LogP contribution in [0.15, 0.2) is 59.1 Å². The SMILES string of the molecule is O=C(CCc1ccccc1)N1CCCN(C(=O)c2cccc(Br)c2)CC1. The number of hydrogen-bond donors (Lipinski definition) is 0. The minimum absolute atomic E-state index is 0.0323. The number of rotatable bonds is 4. The van der Waals surface area contributed by atoms with Crippen LogP contribution in [0.3, 0.4) is 0 Å². The number of nitrogens with zero attached hydrogens (tertiary/aromatic N) is 2. The molecule has 2 amide bonds. The summed E-state index contributed by atoms with van der Waals surface area (Å²) < 4.78 is 0.899. The summed E-state index contributed by atoms with van der Waals surface area (Å²) in [4.78, 5) is 29.0. The van der Waals surface area contributed by atoms with Crippen molar-refractivity contribution >= 4 is 27.7 Å². The second-order valence-electron chi connectivity index (χ2n) is 6.52. The van der Waals surface area contributed by atoms with E-state index in [1.807, 2.05) is 64.4 Å². The fraction of sp³-hybridized carbons (Fsp3) is 0.333. The quantitative estimate of drug-likeness (QED) is 0.763. The van der Waals surface area contributed by atoms with Gasteiger partial charge in [-0.15, -0.1) is 0 Å². The Labute approximate surface area is 162 Å². The molecule has 1 fully saturated rings. The van der Waals surface area contributed by atoms with Crippen LogP contribution in [-0.4, -0.2) is 47.8 Å². The zero-order valence-electron chi connectivity index (χ0n) is 14.7. The highest BCUT2D eigenvalue weighted by atomic mass is 79.9. The molecule has 0 radical (unpaired) electrons. The van der Waals surface area contributed by atoms with E-state index in [0.29, 0.717) is 31.6 Å². The number of amides is 2. The van der Waals surface area contributed by atoms with Crippen LogP contribution in [0.5, 0.6) is 0 Å². The lowest BCUT2D eigenvalue weighted by molar-refractivity contribution is -0.131. The zero-order valence-corrected chi connectivity index (χ0v) is 16.3. The molecule has 0 bridgehead atoms. The number of benzene rings is 2. The van der Waals surface area contributed by atoms with Crippen molar-refractivity contribution in [1.82, 2.24) is 9.80 Å². The molecule has 0 unspecified atom stereocenters. The molecule has 0 N–H and O–H groups in total. The minimum Gasteiger partial charge on any atom is -0.341 e. The van der Waals surface area contributed by atoms with Crippen molar-refractivity contribution in [1.29, 1.82) is 0 Å². The molecule has 1 aliphatic heterocycles. The van der Waals surface area contributed by atoms with Crippen LogP contribution in [0, 0.1) is 0 Å². The molecule has 0 saturated carbocycles. The first-order valence-electron chi connectivity index (χ1n) is 9.00. The Morgan fingerprint density at radius 2 is 1.62 bits per heavy atom. The van der Waals surface area contributed by atoms with E-state index >= 15 is 0 Å². The molecule has 0 aromatic heterocycles. The van der Waals surface area contributed by atoms with Crippen molar-refractivity contribution in [2.24, 2.45) is 0 Å². The van der Waals surface area contributed by atoms with Gasteiger partial charge in [-0.05, 0) is 36.6 Å². The summed E-state index contributed by atoms with van der Waals surface area (Å²) in [6.45, 7) is 2.60. The highest BCUT2D eigenvalue weighted by Gasteiger charge is 2.22. The number of carbonyl (C=O) groups is 2. The summed E-state index contributed by atoms with van der Waals surface area (Å²) in [5, 5.41) is 0. The molecular weight excluding hydrogens is 392 g/mol. The van der Waals surface area contributed by atoms with E-state index in [4.69, 9.17) is 0 Å². The van der Waals surface area contributed by atoms with Gasteiger partial charge in [0.1, 0.15) is 0 Å². The fourth-order valence-electron chi connectivity index (χ4n) is 3.23. The van der Waals surface area contributed by atoms with Crippen molar-refractivity contribution in [3.63, 3.8) is 0 Å². The van der Waals surface area contributed by atoms with Crippen molar-refractivity contribution in [3.8, 4) is 0 Å². The van der Waals surface area contributed by atoms with Crippen LogP contribution in [0.1, 0.15) is 28.8 Å². The van der Waals surface area contributed by atoms with Crippen LogP contribution < -0.4 is 0 Å². The predicted octanol–water partition coefficient (Wildman–Crippen LogP) is 3.76. The normalized spacial score (nSPS) is 14.8. The van der Waals surface area contributed by atoms with Crippen LogP contribution in [0.2, 0.25) is 0 Å². The third-order valence-corrected chi connectivity index (χ3v) is 5.17. The molecule has 1 saturated heterocycles. The van der Waals surface area contributed by atoms with Gasteiger partial charge in [0.2, 0.25) is 5.91 Å². The lowest BCUT2D eigenvalue weighted by Gasteiger charge is -2.22. The number of aryl methyl sites for hydroxylation is 1. The third kappa shape index (κ3) is 4.94. The monoisotopic (exact) mass is 414 g/mol. The average molecular weight is 415 g/mol. The molecule has 3 rings (SSSR count). The molecular formula is C21H23BrN2O2. The molecule has 0 atom stereocenters. The molecule has 0 spiro atoms. The van der Waals surface area contributed by atoms with Gasteiger partial charge in [0.15, 0.2) is 0 Å². The van der Waals surface area contributed by atoms with Crippen molar-refractivity contribution < 1.29 is 9.59 Å². The van der Waals surface area contributed by atoms with Gasteiger partial charge in [-0.1, -0.05) is 52.3 Å². The minimum atomic E-state index is 0.0323. The summed E-state index contributed by atoms with van der Waals surface area (Å²) in [6.07, 6.45) is 2.09. The Bertz CT molecular complexity index is 764. The van der Waals surface area contributed by atoms with Gasteiger partial charge in [-0.2, -0.15) is 0 Å². The van der Waals surface area contributed by atoms with Crippen LogP contribution in [-0.2, 0) is 11.2 Å². The summed E-state index contributed by atoms with van der Waals surface area (Å²) in [5.74, 6) is 0.204. The summed E-state index contributed by atoms with van der Waals surface area (Å²) in [6, 6.07) is 17.5. The standard InChI is InChI=1S/C21H23BrN2O2/c22-19-9-4-8-18(16-19)21(26)24-13-5-12-23(14-15-24)20(25)11-10-17-6-2-1-3-7-17/h1-4,6-9,16H,5,10-15H2. The van der Waals surface area contributed by atoms with E-state index in [2.05, 4.69) is 15.9 Å². The van der Waals surface area contributed by atoms with Gasteiger partial charge < -0.3 is 9.80 Å². The van der Waals surface area contributed by atoms with Crippen LogP contribution in [0.4, 0.5) is 0 Å². The largest absolute Gasteiger partial charge is 0.341 e. The van der Waals surface area contributed by atoms with Gasteiger partial charge in [-0.3, -0.25) is 9.59 Å². The highest BCUT2D eigenvalue weighted by molar-refractivity contribution is 9.10. The van der Waals surface area contributed by atoms with E-state index in [1.165, 1.54) is 5.56 Å². The van der Waals surface area contributed by atoms with Crippen molar-refractivity contribution in [2.45, 2.75) is 19.3 Å². The topological polar surface area (TPSA) is 40.6 Å². The van der Waals surface area contributed by atoms with E-state index in [0.717, 1.165) is 23.9 Å². The molecule has 0 aliphatic carbocycles. The van der Waals surface area contributed by atoms with Crippen molar-refractivity contribution in [2.75, 3.05) is 26.2 Å². The van der Waals surface area contributed by atoms with Gasteiger partial charge >= 0.3 is 0 Å². The molecule has 136 valence electrons. The lowest BCUT2D eigenvalue weighted by Crippen LogP contribution is -2.37. The molecule has 2 aromatic carbocycles. The summed E-state index contributed by atoms with van der Waals surface area (Å²) >= 11 is 3.41. The Morgan fingerprint density at radius 3 is 2.38 bits per heavy atom. The molecule has 1 aliphatic rings. The molecule has 4 nitrogen and oxygen atoms in total. The second-order valence-corrected chi connectivity index (χ2v) is 7.44. The molecule has 2 aromatic rings. The van der Waals surface area contributed by atoms with E-state index in [1.54, 1.807) is 0 Å². The predicted molar refractivity (Wildman–Crippen MR) is 106 cm³/mol. The Hall–Kier alpha value is -2.14. The second kappa shape index (κ2) is 8.99. The van der Waals surface area contributed by atoms with E-state index in [-0.39, 0.29) is 11.8 Å². The van der Waals surface area contributed by atoms with Gasteiger partial charge in [0.05, 0.1) is 0 Å². The van der Waals surface area contributed by atoms with E-state index < -0.39 is 0 Å². The molecule has 1 heterocycles. The first-order chi connectivity index (χ1) is 12.6. The number of halogens is 1. The number of carbonyl (C=O) groups excluding carboxylic acids is 2. The summed E-state index contributed by atoms with van der Waals surface area (Å²) in [7, 11) is 0. The average Bonchev–Trinajstić information content (AvgIpc) is 2.92. The third-order valence-electron chi connectivity index (χ3n) is 4.68. The maximum Gasteiger partial charge on any atom is 0.253 e. The van der Waals surface area contributed by atoms with Crippen LogP contribution in [0.25, 0.3) is 0 Å². The smallest absolute Gasteiger partial charge is 0.253 e. The highest BCUT2D eigenvalue weighted by Crippen LogP contribution is 2.15.